The monoisotopic (exact) mass is 299 g/mol. The zero-order chi connectivity index (χ0) is 14.2. The summed E-state index contributed by atoms with van der Waals surface area (Å²) in [5, 5.41) is 18.7. The van der Waals surface area contributed by atoms with Crippen molar-refractivity contribution in [2.75, 3.05) is 0 Å². The molecule has 2 bridgehead atoms. The Morgan fingerprint density at radius 3 is 2.75 bits per heavy atom. The van der Waals surface area contributed by atoms with Crippen LogP contribution in [0.1, 0.15) is 19.8 Å². The standard InChI is InChI=1S/C12H13NO6S/c1-4(14)6-9(15)13-7(11(16)17)8(20-10(6)13)12-3-2-5(18-12)19-12/h4-6,10,14H,2-3H2,1H3,(H,16,17)/t4-,5?,6-,10+,12?/m1/s1. The molecule has 5 rings (SSSR count). The number of fused-ring (bicyclic) bond motifs is 2. The fourth-order valence-electron chi connectivity index (χ4n) is 3.25. The number of hydrogen-bond acceptors (Lipinski definition) is 6. The van der Waals surface area contributed by atoms with Gasteiger partial charge in [0.15, 0.2) is 6.29 Å². The second-order valence-corrected chi connectivity index (χ2v) is 6.55. The minimum absolute atomic E-state index is 0.0535. The number of carbonyl (C=O) groups is 2. The molecule has 4 saturated heterocycles. The number of nitrogens with zero attached hydrogens (tertiary/aromatic N) is 1. The van der Waals surface area contributed by atoms with Crippen molar-refractivity contribution in [2.45, 2.75) is 43.3 Å². The summed E-state index contributed by atoms with van der Waals surface area (Å²) < 4.78 is 11.2. The number of hydrogen-bond donors (Lipinski definition) is 2. The maximum Gasteiger partial charge on any atom is 0.353 e. The number of carbonyl (C=O) groups excluding carboxylic acids is 1. The van der Waals surface area contributed by atoms with Crippen molar-refractivity contribution in [1.29, 1.82) is 0 Å². The lowest BCUT2D eigenvalue weighted by atomic mass is 9.92. The highest BCUT2D eigenvalue weighted by Gasteiger charge is 2.65. The van der Waals surface area contributed by atoms with E-state index in [0.717, 1.165) is 6.42 Å². The lowest BCUT2D eigenvalue weighted by Crippen LogP contribution is -2.60. The van der Waals surface area contributed by atoms with E-state index in [4.69, 9.17) is 9.47 Å². The largest absolute Gasteiger partial charge is 0.477 e. The lowest BCUT2D eigenvalue weighted by molar-refractivity contribution is -0.386. The molecule has 108 valence electrons. The fraction of sp³-hybridized carbons (Fsp3) is 0.667. The molecule has 2 N–H and O–H groups in total. The molecule has 5 heterocycles. The van der Waals surface area contributed by atoms with E-state index in [1.165, 1.54) is 16.7 Å². The Morgan fingerprint density at radius 1 is 1.55 bits per heavy atom. The van der Waals surface area contributed by atoms with Gasteiger partial charge in [-0.25, -0.2) is 4.79 Å². The van der Waals surface area contributed by atoms with E-state index in [1.54, 1.807) is 6.92 Å². The molecule has 8 heteroatoms. The molecule has 0 saturated carbocycles. The van der Waals surface area contributed by atoms with Gasteiger partial charge < -0.3 is 19.7 Å². The number of ether oxygens (including phenoxy) is 2. The van der Waals surface area contributed by atoms with Crippen molar-refractivity contribution in [1.82, 2.24) is 4.90 Å². The van der Waals surface area contributed by atoms with Crippen molar-refractivity contribution in [3.05, 3.63) is 10.6 Å². The van der Waals surface area contributed by atoms with Crippen LogP contribution in [0.5, 0.6) is 0 Å². The quantitative estimate of drug-likeness (QED) is 0.711. The molecule has 3 atom stereocenters. The van der Waals surface area contributed by atoms with Crippen LogP contribution in [-0.4, -0.2) is 50.5 Å². The van der Waals surface area contributed by atoms with E-state index in [9.17, 15) is 19.8 Å². The third-order valence-electron chi connectivity index (χ3n) is 4.20. The summed E-state index contributed by atoms with van der Waals surface area (Å²) in [7, 11) is 0. The van der Waals surface area contributed by atoms with Gasteiger partial charge in [-0.1, -0.05) is 11.8 Å². The molecule has 0 unspecified atom stereocenters. The summed E-state index contributed by atoms with van der Waals surface area (Å²) in [6.45, 7) is 1.54. The molecule has 1 amide bonds. The second kappa shape index (κ2) is 3.76. The van der Waals surface area contributed by atoms with Crippen molar-refractivity contribution < 1.29 is 29.3 Å². The maximum absolute atomic E-state index is 12.1. The number of aliphatic hydroxyl groups is 1. The molecule has 0 spiro atoms. The predicted molar refractivity (Wildman–Crippen MR) is 66.0 cm³/mol. The zero-order valence-electron chi connectivity index (χ0n) is 10.6. The molecule has 0 radical (unpaired) electrons. The first kappa shape index (κ1) is 12.6. The Labute approximate surface area is 118 Å². The Bertz CT molecular complexity index is 547. The van der Waals surface area contributed by atoms with Crippen LogP contribution < -0.4 is 0 Å². The van der Waals surface area contributed by atoms with Gasteiger partial charge in [-0.05, 0) is 6.92 Å². The number of rotatable bonds is 3. The smallest absolute Gasteiger partial charge is 0.353 e. The summed E-state index contributed by atoms with van der Waals surface area (Å²) in [4.78, 5) is 25.3. The van der Waals surface area contributed by atoms with Crippen LogP contribution in [0.25, 0.3) is 0 Å². The number of thioether (sulfide) groups is 1. The molecular formula is C12H13NO6S. The average Bonchev–Trinajstić information content (AvgIpc) is 2.95. The summed E-state index contributed by atoms with van der Waals surface area (Å²) in [6, 6.07) is 0. The van der Waals surface area contributed by atoms with Crippen LogP contribution >= 0.6 is 11.8 Å². The minimum Gasteiger partial charge on any atom is -0.477 e. The van der Waals surface area contributed by atoms with Gasteiger partial charge in [-0.3, -0.25) is 9.69 Å². The van der Waals surface area contributed by atoms with Gasteiger partial charge in [0.25, 0.3) is 0 Å². The zero-order valence-corrected chi connectivity index (χ0v) is 11.4. The molecular weight excluding hydrogens is 286 g/mol. The Kier molecular flexibility index (Phi) is 2.37. The molecule has 4 fully saturated rings. The topological polar surface area (TPSA) is 96.3 Å². The van der Waals surface area contributed by atoms with Crippen molar-refractivity contribution in [3.63, 3.8) is 0 Å². The van der Waals surface area contributed by atoms with E-state index in [2.05, 4.69) is 0 Å². The third-order valence-corrected chi connectivity index (χ3v) is 5.69. The molecule has 0 aromatic carbocycles. The fourth-order valence-corrected chi connectivity index (χ4v) is 4.97. The summed E-state index contributed by atoms with van der Waals surface area (Å²) in [5.41, 5.74) is -0.0535. The van der Waals surface area contributed by atoms with Gasteiger partial charge >= 0.3 is 5.97 Å². The summed E-state index contributed by atoms with van der Waals surface area (Å²) >= 11 is 1.26. The number of carboxylic acids is 1. The highest BCUT2D eigenvalue weighted by atomic mass is 32.2. The van der Waals surface area contributed by atoms with E-state index in [1.807, 2.05) is 0 Å². The van der Waals surface area contributed by atoms with Crippen molar-refractivity contribution >= 4 is 23.6 Å². The summed E-state index contributed by atoms with van der Waals surface area (Å²) in [5.74, 6) is -3.07. The first-order chi connectivity index (χ1) is 9.44. The van der Waals surface area contributed by atoms with Crippen LogP contribution in [0.4, 0.5) is 0 Å². The molecule has 0 aromatic heterocycles. The first-order valence-electron chi connectivity index (χ1n) is 6.46. The van der Waals surface area contributed by atoms with Gasteiger partial charge in [0, 0.05) is 12.8 Å². The van der Waals surface area contributed by atoms with Crippen LogP contribution in [0.3, 0.4) is 0 Å². The molecule has 5 aliphatic rings. The maximum atomic E-state index is 12.1. The van der Waals surface area contributed by atoms with Crippen LogP contribution in [0, 0.1) is 5.92 Å². The summed E-state index contributed by atoms with van der Waals surface area (Å²) in [6.07, 6.45) is 0.276. The number of carboxylic acid groups (broad SMARTS) is 1. The van der Waals surface area contributed by atoms with E-state index >= 15 is 0 Å². The van der Waals surface area contributed by atoms with Gasteiger partial charge in [-0.2, -0.15) is 0 Å². The third kappa shape index (κ3) is 1.32. The number of aliphatic hydroxyl groups excluding tert-OH is 1. The van der Waals surface area contributed by atoms with E-state index in [0.29, 0.717) is 11.3 Å². The predicted octanol–water partition coefficient (Wildman–Crippen LogP) is 0.0577. The Hall–Kier alpha value is -1.09. The highest BCUT2D eigenvalue weighted by molar-refractivity contribution is 8.04. The molecule has 0 aliphatic carbocycles. The van der Waals surface area contributed by atoms with Crippen molar-refractivity contribution in [3.8, 4) is 0 Å². The van der Waals surface area contributed by atoms with E-state index in [-0.39, 0.29) is 23.3 Å². The number of aliphatic carboxylic acids is 1. The first-order valence-corrected chi connectivity index (χ1v) is 7.34. The number of β-lactam (4-membered cyclic amide) rings is 1. The van der Waals surface area contributed by atoms with Crippen LogP contribution in [-0.2, 0) is 19.1 Å². The Morgan fingerprint density at radius 2 is 2.25 bits per heavy atom. The van der Waals surface area contributed by atoms with Crippen LogP contribution in [0.2, 0.25) is 0 Å². The van der Waals surface area contributed by atoms with Crippen LogP contribution in [0.15, 0.2) is 10.6 Å². The van der Waals surface area contributed by atoms with Gasteiger partial charge in [-0.15, -0.1) is 0 Å². The van der Waals surface area contributed by atoms with Gasteiger partial charge in [0.2, 0.25) is 11.7 Å². The molecule has 20 heavy (non-hydrogen) atoms. The number of amides is 1. The minimum atomic E-state index is -1.16. The molecule has 0 aromatic rings. The van der Waals surface area contributed by atoms with E-state index < -0.39 is 23.8 Å². The molecule has 5 aliphatic heterocycles. The van der Waals surface area contributed by atoms with Crippen molar-refractivity contribution in [2.24, 2.45) is 5.92 Å². The highest BCUT2D eigenvalue weighted by Crippen LogP contribution is 2.60. The normalized spacial score (nSPS) is 43.2. The SMILES string of the molecule is C[C@@H](O)[C@@H]1C(=O)N2C(C(=O)O)=C(C34CCC(O3)O4)S[C@@H]12. The lowest BCUT2D eigenvalue weighted by Gasteiger charge is -2.43. The van der Waals surface area contributed by atoms with Gasteiger partial charge in [0.05, 0.1) is 16.9 Å². The average molecular weight is 299 g/mol. The van der Waals surface area contributed by atoms with Gasteiger partial charge in [0.1, 0.15) is 11.1 Å². The second-order valence-electron chi connectivity index (χ2n) is 5.42. The molecule has 7 nitrogen and oxygen atoms in total. The Balaban J connectivity index is 1.72.